The highest BCUT2D eigenvalue weighted by Crippen LogP contribution is 2.27. The number of pyridine rings is 1. The zero-order chi connectivity index (χ0) is 15.5. The Morgan fingerprint density at radius 1 is 1.27 bits per heavy atom. The number of hydrogen-bond donors (Lipinski definition) is 1. The van der Waals surface area contributed by atoms with Crippen molar-refractivity contribution in [2.45, 2.75) is 19.1 Å². The third-order valence-corrected chi connectivity index (χ3v) is 3.89. The second-order valence-electron chi connectivity index (χ2n) is 5.44. The van der Waals surface area contributed by atoms with E-state index in [1.54, 1.807) is 12.1 Å². The molecular weight excluding hydrogens is 280 g/mol. The Morgan fingerprint density at radius 3 is 2.68 bits per heavy atom. The summed E-state index contributed by atoms with van der Waals surface area (Å²) in [4.78, 5) is 17.4. The minimum absolute atomic E-state index is 0.00153. The maximum absolute atomic E-state index is 10.9. The van der Waals surface area contributed by atoms with Crippen molar-refractivity contribution in [2.75, 3.05) is 18.1 Å². The van der Waals surface area contributed by atoms with Gasteiger partial charge in [-0.25, -0.2) is 9.78 Å². The van der Waals surface area contributed by atoms with Gasteiger partial charge in [-0.15, -0.1) is 0 Å². The first-order chi connectivity index (χ1) is 10.6. The van der Waals surface area contributed by atoms with Crippen molar-refractivity contribution in [3.8, 4) is 0 Å². The van der Waals surface area contributed by atoms with Crippen molar-refractivity contribution < 1.29 is 14.6 Å². The van der Waals surface area contributed by atoms with Crippen molar-refractivity contribution in [3.63, 3.8) is 0 Å². The number of nitrogens with zero attached hydrogens (tertiary/aromatic N) is 2. The molecule has 5 heteroatoms. The number of carboxylic acid groups (broad SMARTS) is 1. The molecule has 1 aromatic carbocycles. The average molecular weight is 298 g/mol. The SMILES string of the molecule is C[C@@H]1CO[C@@H](c2ccccc2)CN1c1ccc(C(=O)O)cn1. The molecule has 1 aromatic heterocycles. The van der Waals surface area contributed by atoms with Gasteiger partial charge in [0, 0.05) is 6.20 Å². The zero-order valence-electron chi connectivity index (χ0n) is 12.3. The summed E-state index contributed by atoms with van der Waals surface area (Å²) in [5.41, 5.74) is 1.34. The molecule has 1 N–H and O–H groups in total. The van der Waals surface area contributed by atoms with E-state index in [4.69, 9.17) is 9.84 Å². The summed E-state index contributed by atoms with van der Waals surface area (Å²) in [7, 11) is 0. The molecule has 1 fully saturated rings. The van der Waals surface area contributed by atoms with E-state index in [2.05, 4.69) is 28.9 Å². The first-order valence-electron chi connectivity index (χ1n) is 7.27. The topological polar surface area (TPSA) is 62.7 Å². The van der Waals surface area contributed by atoms with Crippen LogP contribution in [-0.2, 0) is 4.74 Å². The molecule has 114 valence electrons. The number of rotatable bonds is 3. The predicted molar refractivity (Wildman–Crippen MR) is 83.1 cm³/mol. The Bertz CT molecular complexity index is 643. The van der Waals surface area contributed by atoms with E-state index < -0.39 is 5.97 Å². The first kappa shape index (κ1) is 14.5. The smallest absolute Gasteiger partial charge is 0.337 e. The molecule has 0 spiro atoms. The van der Waals surface area contributed by atoms with Crippen LogP contribution in [0.15, 0.2) is 48.7 Å². The van der Waals surface area contributed by atoms with Crippen LogP contribution in [0.3, 0.4) is 0 Å². The number of carbonyl (C=O) groups is 1. The number of aromatic carboxylic acids is 1. The lowest BCUT2D eigenvalue weighted by Gasteiger charge is -2.39. The minimum atomic E-state index is -0.962. The number of hydrogen-bond acceptors (Lipinski definition) is 4. The van der Waals surface area contributed by atoms with E-state index in [0.29, 0.717) is 13.2 Å². The van der Waals surface area contributed by atoms with Crippen molar-refractivity contribution in [3.05, 3.63) is 59.8 Å². The first-order valence-corrected chi connectivity index (χ1v) is 7.27. The predicted octanol–water partition coefficient (Wildman–Crippen LogP) is 2.75. The summed E-state index contributed by atoms with van der Waals surface area (Å²) in [6.45, 7) is 3.39. The Labute approximate surface area is 129 Å². The molecule has 2 aromatic rings. The van der Waals surface area contributed by atoms with Gasteiger partial charge in [0.25, 0.3) is 0 Å². The van der Waals surface area contributed by atoms with E-state index in [1.807, 2.05) is 18.2 Å². The minimum Gasteiger partial charge on any atom is -0.478 e. The van der Waals surface area contributed by atoms with Crippen LogP contribution in [-0.4, -0.2) is 35.3 Å². The lowest BCUT2D eigenvalue weighted by atomic mass is 10.1. The highest BCUT2D eigenvalue weighted by molar-refractivity contribution is 5.87. The van der Waals surface area contributed by atoms with Crippen LogP contribution >= 0.6 is 0 Å². The molecule has 0 saturated carbocycles. The molecule has 2 atom stereocenters. The fourth-order valence-corrected chi connectivity index (χ4v) is 2.63. The van der Waals surface area contributed by atoms with Crippen LogP contribution in [0.4, 0.5) is 5.82 Å². The molecule has 1 aliphatic rings. The summed E-state index contributed by atoms with van der Waals surface area (Å²) in [6, 6.07) is 13.6. The normalized spacial score (nSPS) is 21.6. The quantitative estimate of drug-likeness (QED) is 0.944. The monoisotopic (exact) mass is 298 g/mol. The Hall–Kier alpha value is -2.40. The highest BCUT2D eigenvalue weighted by atomic mass is 16.5. The van der Waals surface area contributed by atoms with E-state index in [9.17, 15) is 4.79 Å². The number of carboxylic acids is 1. The van der Waals surface area contributed by atoms with Gasteiger partial charge in [0.2, 0.25) is 0 Å². The second kappa shape index (κ2) is 6.15. The van der Waals surface area contributed by atoms with Gasteiger partial charge in [0.05, 0.1) is 24.8 Å². The highest BCUT2D eigenvalue weighted by Gasteiger charge is 2.28. The van der Waals surface area contributed by atoms with E-state index >= 15 is 0 Å². The summed E-state index contributed by atoms with van der Waals surface area (Å²) >= 11 is 0. The Morgan fingerprint density at radius 2 is 2.05 bits per heavy atom. The van der Waals surface area contributed by atoms with Crippen LogP contribution in [0.1, 0.15) is 28.9 Å². The van der Waals surface area contributed by atoms with Crippen LogP contribution in [0.5, 0.6) is 0 Å². The molecule has 0 aliphatic carbocycles. The lowest BCUT2D eigenvalue weighted by molar-refractivity contribution is 0.0212. The number of ether oxygens (including phenoxy) is 1. The van der Waals surface area contributed by atoms with Crippen LogP contribution in [0.25, 0.3) is 0 Å². The summed E-state index contributed by atoms with van der Waals surface area (Å²) in [5.74, 6) is -0.182. The molecule has 2 heterocycles. The lowest BCUT2D eigenvalue weighted by Crippen LogP contribution is -2.45. The van der Waals surface area contributed by atoms with Gasteiger partial charge in [-0.1, -0.05) is 30.3 Å². The van der Waals surface area contributed by atoms with E-state index in [0.717, 1.165) is 11.4 Å². The van der Waals surface area contributed by atoms with Gasteiger partial charge in [-0.3, -0.25) is 0 Å². The van der Waals surface area contributed by atoms with Gasteiger partial charge in [0.15, 0.2) is 0 Å². The standard InChI is InChI=1S/C17H18N2O3/c1-12-11-22-15(13-5-3-2-4-6-13)10-19(12)16-8-7-14(9-18-16)17(20)21/h2-9,12,15H,10-11H2,1H3,(H,20,21)/t12-,15-/m1/s1. The molecule has 0 amide bonds. The Kier molecular flexibility index (Phi) is 4.06. The van der Waals surface area contributed by atoms with Gasteiger partial charge < -0.3 is 14.7 Å². The molecule has 22 heavy (non-hydrogen) atoms. The second-order valence-corrected chi connectivity index (χ2v) is 5.44. The molecular formula is C17H18N2O3. The molecule has 0 bridgehead atoms. The molecule has 0 radical (unpaired) electrons. The third-order valence-electron chi connectivity index (χ3n) is 3.89. The molecule has 0 unspecified atom stereocenters. The van der Waals surface area contributed by atoms with Gasteiger partial charge >= 0.3 is 5.97 Å². The summed E-state index contributed by atoms with van der Waals surface area (Å²) in [6.07, 6.45) is 1.40. The number of aromatic nitrogens is 1. The van der Waals surface area contributed by atoms with Crippen molar-refractivity contribution in [1.82, 2.24) is 4.98 Å². The molecule has 1 aliphatic heterocycles. The largest absolute Gasteiger partial charge is 0.478 e. The maximum Gasteiger partial charge on any atom is 0.337 e. The number of anilines is 1. The average Bonchev–Trinajstić information content (AvgIpc) is 2.56. The van der Waals surface area contributed by atoms with Crippen LogP contribution in [0.2, 0.25) is 0 Å². The molecule has 3 rings (SSSR count). The fraction of sp³-hybridized carbons (Fsp3) is 0.294. The summed E-state index contributed by atoms with van der Waals surface area (Å²) < 4.78 is 5.93. The van der Waals surface area contributed by atoms with Gasteiger partial charge in [-0.05, 0) is 24.6 Å². The zero-order valence-corrected chi connectivity index (χ0v) is 12.3. The van der Waals surface area contributed by atoms with Gasteiger partial charge in [0.1, 0.15) is 11.9 Å². The van der Waals surface area contributed by atoms with Crippen LogP contribution in [0, 0.1) is 0 Å². The number of benzene rings is 1. The van der Waals surface area contributed by atoms with Crippen LogP contribution < -0.4 is 4.90 Å². The van der Waals surface area contributed by atoms with E-state index in [-0.39, 0.29) is 17.7 Å². The fourth-order valence-electron chi connectivity index (χ4n) is 2.63. The van der Waals surface area contributed by atoms with Crippen molar-refractivity contribution in [2.24, 2.45) is 0 Å². The maximum atomic E-state index is 10.9. The Balaban J connectivity index is 1.81. The molecule has 5 nitrogen and oxygen atoms in total. The van der Waals surface area contributed by atoms with Crippen molar-refractivity contribution >= 4 is 11.8 Å². The van der Waals surface area contributed by atoms with Crippen molar-refractivity contribution in [1.29, 1.82) is 0 Å². The third kappa shape index (κ3) is 2.94. The van der Waals surface area contributed by atoms with Gasteiger partial charge in [-0.2, -0.15) is 0 Å². The molecule has 1 saturated heterocycles. The van der Waals surface area contributed by atoms with E-state index in [1.165, 1.54) is 6.20 Å². The summed E-state index contributed by atoms with van der Waals surface area (Å²) in [5, 5.41) is 8.96. The number of morpholine rings is 1.